The number of halogens is 2. The molecule has 1 fully saturated rings. The lowest BCUT2D eigenvalue weighted by Crippen LogP contribution is -2.29. The molecule has 1 heterocycles. The van der Waals surface area contributed by atoms with E-state index < -0.39 is 11.5 Å². The fourth-order valence-electron chi connectivity index (χ4n) is 1.80. The van der Waals surface area contributed by atoms with E-state index in [0.29, 0.717) is 12.8 Å². The molecule has 7 heteroatoms. The van der Waals surface area contributed by atoms with E-state index in [0.717, 1.165) is 0 Å². The first-order chi connectivity index (χ1) is 9.66. The van der Waals surface area contributed by atoms with Crippen LogP contribution in [0.25, 0.3) is 0 Å². The van der Waals surface area contributed by atoms with Gasteiger partial charge < -0.3 is 19.7 Å². The van der Waals surface area contributed by atoms with Gasteiger partial charge in [0, 0.05) is 11.2 Å². The lowest BCUT2D eigenvalue weighted by atomic mass is 9.97. The van der Waals surface area contributed by atoms with Gasteiger partial charge in [0.05, 0.1) is 30.1 Å². The summed E-state index contributed by atoms with van der Waals surface area (Å²) in [4.78, 5) is 11.4. The molecule has 0 radical (unpaired) electrons. The Morgan fingerprint density at radius 3 is 2.57 bits per heavy atom. The number of ether oxygens (including phenoxy) is 2. The Hall–Kier alpha value is 0.120. The average molecular weight is 388 g/mol. The first-order valence-corrected chi connectivity index (χ1v) is 8.41. The number of hydrogen-bond acceptors (Lipinski definition) is 5. The zero-order chi connectivity index (χ0) is 16.2. The molecule has 1 saturated heterocycles. The maximum Gasteiger partial charge on any atom is 0.311 e. The Balaban J connectivity index is 2.22. The minimum Gasteiger partial charge on any atom is -0.465 e. The molecule has 1 rings (SSSR count). The van der Waals surface area contributed by atoms with Gasteiger partial charge in [-0.1, -0.05) is 15.9 Å². The molecule has 0 amide bonds. The monoisotopic (exact) mass is 386 g/mol. The predicted octanol–water partition coefficient (Wildman–Crippen LogP) is 1.85. The molecule has 0 bridgehead atoms. The number of alkyl halides is 2. The maximum absolute atomic E-state index is 11.6. The number of esters is 1. The van der Waals surface area contributed by atoms with Gasteiger partial charge in [0.15, 0.2) is 0 Å². The topological polar surface area (TPSA) is 79.3 Å². The molecule has 5 atom stereocenters. The highest BCUT2D eigenvalue weighted by atomic mass is 79.9. The molecule has 0 unspecified atom stereocenters. The van der Waals surface area contributed by atoms with Crippen LogP contribution < -0.4 is 0 Å². The average Bonchev–Trinajstić information content (AvgIpc) is 3.16. The second kappa shape index (κ2) is 8.11. The summed E-state index contributed by atoms with van der Waals surface area (Å²) in [6, 6.07) is 0. The molecule has 0 aromatic carbocycles. The third-order valence-electron chi connectivity index (χ3n) is 3.29. The van der Waals surface area contributed by atoms with Gasteiger partial charge in [-0.25, -0.2) is 0 Å². The van der Waals surface area contributed by atoms with Crippen molar-refractivity contribution in [3.05, 3.63) is 0 Å². The van der Waals surface area contributed by atoms with Crippen molar-refractivity contribution < 1.29 is 24.5 Å². The Morgan fingerprint density at radius 2 is 2.10 bits per heavy atom. The molecule has 0 aromatic heterocycles. The fourth-order valence-corrected chi connectivity index (χ4v) is 3.09. The predicted molar refractivity (Wildman–Crippen MR) is 83.8 cm³/mol. The largest absolute Gasteiger partial charge is 0.465 e. The summed E-state index contributed by atoms with van der Waals surface area (Å²) in [6.07, 6.45) is -0.141. The maximum atomic E-state index is 11.6. The van der Waals surface area contributed by atoms with Crippen LogP contribution in [0.3, 0.4) is 0 Å². The van der Waals surface area contributed by atoms with E-state index in [1.54, 1.807) is 20.8 Å². The Morgan fingerprint density at radius 1 is 1.48 bits per heavy atom. The third-order valence-corrected chi connectivity index (χ3v) is 4.70. The van der Waals surface area contributed by atoms with Crippen molar-refractivity contribution in [1.82, 2.24) is 0 Å². The van der Waals surface area contributed by atoms with Crippen LogP contribution in [0.1, 0.15) is 33.6 Å². The number of carbonyl (C=O) groups is 1. The molecular weight excluding hydrogens is 364 g/mol. The highest BCUT2D eigenvalue weighted by molar-refractivity contribution is 9.09. The number of aliphatic hydroxyl groups is 2. The zero-order valence-corrected chi connectivity index (χ0v) is 14.9. The van der Waals surface area contributed by atoms with Crippen molar-refractivity contribution in [3.63, 3.8) is 0 Å². The van der Waals surface area contributed by atoms with Gasteiger partial charge >= 0.3 is 5.97 Å². The minimum absolute atomic E-state index is 0.0356. The highest BCUT2D eigenvalue weighted by Gasteiger charge is 2.44. The van der Waals surface area contributed by atoms with Gasteiger partial charge in [-0.05, 0) is 27.2 Å². The summed E-state index contributed by atoms with van der Waals surface area (Å²) in [5.41, 5.74) is -0.539. The van der Waals surface area contributed by atoms with Crippen molar-refractivity contribution in [2.45, 2.75) is 62.1 Å². The minimum atomic E-state index is -0.662. The first-order valence-electron chi connectivity index (χ1n) is 7.06. The van der Waals surface area contributed by atoms with Crippen LogP contribution in [0.5, 0.6) is 0 Å². The van der Waals surface area contributed by atoms with Gasteiger partial charge in [0.25, 0.3) is 0 Å². The summed E-state index contributed by atoms with van der Waals surface area (Å²) in [5.74, 6) is -0.284. The highest BCUT2D eigenvalue weighted by Crippen LogP contribution is 2.32. The number of epoxide rings is 1. The molecule has 0 aromatic rings. The van der Waals surface area contributed by atoms with Crippen molar-refractivity contribution >= 4 is 33.5 Å². The van der Waals surface area contributed by atoms with Gasteiger partial charge in [0.1, 0.15) is 12.2 Å². The molecule has 2 N–H and O–H groups in total. The van der Waals surface area contributed by atoms with Gasteiger partial charge in [-0.2, -0.15) is 0 Å². The Kier molecular flexibility index (Phi) is 7.40. The van der Waals surface area contributed by atoms with Gasteiger partial charge in [-0.15, -0.1) is 11.6 Å². The van der Waals surface area contributed by atoms with Crippen LogP contribution in [0.4, 0.5) is 0 Å². The molecule has 1 aliphatic heterocycles. The summed E-state index contributed by atoms with van der Waals surface area (Å²) >= 11 is 9.57. The summed E-state index contributed by atoms with van der Waals surface area (Å²) in [7, 11) is 0. The second-order valence-electron chi connectivity index (χ2n) is 6.33. The van der Waals surface area contributed by atoms with Crippen LogP contribution in [-0.4, -0.2) is 57.9 Å². The standard InChI is InChI=1S/C14H24BrClO5/c1-14(2,3)13(19)20-5-4-10(18)8(15)6-9(16)12-11(7-17)21-12/h8-12,17-18H,4-7H2,1-3H3/t8-,9+,10-,11+,12+/m1/s1. The smallest absolute Gasteiger partial charge is 0.311 e. The quantitative estimate of drug-likeness (QED) is 0.377. The summed E-state index contributed by atoms with van der Waals surface area (Å²) in [6.45, 7) is 5.48. The molecule has 0 saturated carbocycles. The zero-order valence-electron chi connectivity index (χ0n) is 12.6. The van der Waals surface area contributed by atoms with Gasteiger partial charge in [0.2, 0.25) is 0 Å². The normalized spacial score (nSPS) is 26.0. The lowest BCUT2D eigenvalue weighted by molar-refractivity contribution is -0.153. The number of rotatable bonds is 8. The van der Waals surface area contributed by atoms with Crippen molar-refractivity contribution in [2.75, 3.05) is 13.2 Å². The van der Waals surface area contributed by atoms with Crippen molar-refractivity contribution in [1.29, 1.82) is 0 Å². The third kappa shape index (κ3) is 6.40. The van der Waals surface area contributed by atoms with Crippen LogP contribution in [0.15, 0.2) is 0 Å². The Bertz CT molecular complexity index is 347. The number of carbonyl (C=O) groups excluding carboxylic acids is 1. The van der Waals surface area contributed by atoms with Crippen LogP contribution in [0.2, 0.25) is 0 Å². The van der Waals surface area contributed by atoms with E-state index in [1.807, 2.05) is 0 Å². The number of hydrogen-bond donors (Lipinski definition) is 2. The molecule has 5 nitrogen and oxygen atoms in total. The van der Waals surface area contributed by atoms with Crippen LogP contribution in [0, 0.1) is 5.41 Å². The lowest BCUT2D eigenvalue weighted by Gasteiger charge is -2.21. The summed E-state index contributed by atoms with van der Waals surface area (Å²) in [5, 5.41) is 18.7. The first kappa shape index (κ1) is 19.2. The Labute approximate surface area is 139 Å². The van der Waals surface area contributed by atoms with E-state index in [2.05, 4.69) is 15.9 Å². The second-order valence-corrected chi connectivity index (χ2v) is 8.07. The molecule has 0 spiro atoms. The van der Waals surface area contributed by atoms with E-state index in [9.17, 15) is 9.90 Å². The molecule has 0 aliphatic carbocycles. The molecule has 21 heavy (non-hydrogen) atoms. The molecule has 124 valence electrons. The summed E-state index contributed by atoms with van der Waals surface area (Å²) < 4.78 is 10.3. The van der Waals surface area contributed by atoms with E-state index in [-0.39, 0.29) is 41.6 Å². The van der Waals surface area contributed by atoms with Crippen LogP contribution >= 0.6 is 27.5 Å². The van der Waals surface area contributed by atoms with E-state index >= 15 is 0 Å². The van der Waals surface area contributed by atoms with Crippen molar-refractivity contribution in [3.8, 4) is 0 Å². The van der Waals surface area contributed by atoms with Crippen LogP contribution in [-0.2, 0) is 14.3 Å². The number of aliphatic hydroxyl groups excluding tert-OH is 2. The van der Waals surface area contributed by atoms with E-state index in [4.69, 9.17) is 26.2 Å². The fraction of sp³-hybridized carbons (Fsp3) is 0.929. The van der Waals surface area contributed by atoms with E-state index in [1.165, 1.54) is 0 Å². The molecule has 1 aliphatic rings. The van der Waals surface area contributed by atoms with Gasteiger partial charge in [-0.3, -0.25) is 4.79 Å². The SMILES string of the molecule is CC(C)(C)C(=O)OCC[C@@H](O)[C@H](Br)C[C@H](Cl)[C@@H]1O[C@H]1CO. The molecular formula is C14H24BrClO5. The van der Waals surface area contributed by atoms with Crippen molar-refractivity contribution in [2.24, 2.45) is 5.41 Å².